The van der Waals surface area contributed by atoms with Crippen LogP contribution >= 0.6 is 0 Å². The highest BCUT2D eigenvalue weighted by atomic mass is 19.1. The minimum atomic E-state index is -0.501. The number of amides is 1. The van der Waals surface area contributed by atoms with Crippen LogP contribution in [0.2, 0.25) is 0 Å². The molecule has 22 heavy (non-hydrogen) atoms. The Hall–Kier alpha value is -2.62. The Labute approximate surface area is 129 Å². The molecule has 4 heteroatoms. The van der Waals surface area contributed by atoms with Crippen molar-refractivity contribution < 1.29 is 13.9 Å². The molecule has 0 bridgehead atoms. The van der Waals surface area contributed by atoms with Gasteiger partial charge in [0.2, 0.25) is 0 Å². The van der Waals surface area contributed by atoms with Gasteiger partial charge in [0, 0.05) is 6.54 Å². The van der Waals surface area contributed by atoms with Gasteiger partial charge in [0.05, 0.1) is 0 Å². The Kier molecular flexibility index (Phi) is 5.72. The molecule has 0 aromatic heterocycles. The van der Waals surface area contributed by atoms with Crippen LogP contribution < -0.4 is 10.1 Å². The van der Waals surface area contributed by atoms with Crippen molar-refractivity contribution in [1.82, 2.24) is 5.32 Å². The molecule has 0 aliphatic carbocycles. The van der Waals surface area contributed by atoms with Crippen molar-refractivity contribution in [2.75, 3.05) is 6.54 Å². The second-order valence-electron chi connectivity index (χ2n) is 4.79. The van der Waals surface area contributed by atoms with Crippen LogP contribution in [0.25, 0.3) is 0 Å². The molecule has 1 N–H and O–H groups in total. The zero-order valence-corrected chi connectivity index (χ0v) is 12.2. The molecule has 0 radical (unpaired) electrons. The number of para-hydroxylation sites is 1. The van der Waals surface area contributed by atoms with Gasteiger partial charge in [-0.05, 0) is 42.2 Å². The summed E-state index contributed by atoms with van der Waals surface area (Å²) in [5.74, 6) is 0.261. The average Bonchev–Trinajstić information content (AvgIpc) is 2.51. The van der Waals surface area contributed by atoms with Crippen LogP contribution in [0.5, 0.6) is 5.75 Å². The number of hydrogen-bond donors (Lipinski definition) is 1. The molecule has 3 nitrogen and oxygen atoms in total. The fourth-order valence-electron chi connectivity index (χ4n) is 2.02. The first kappa shape index (κ1) is 15.8. The van der Waals surface area contributed by atoms with Crippen LogP contribution in [0.1, 0.15) is 11.1 Å². The van der Waals surface area contributed by atoms with E-state index in [0.717, 1.165) is 11.1 Å². The van der Waals surface area contributed by atoms with Crippen molar-refractivity contribution in [3.63, 3.8) is 0 Å². The van der Waals surface area contributed by atoms with Crippen molar-refractivity contribution in [3.05, 3.63) is 78.1 Å². The molecule has 0 spiro atoms. The Morgan fingerprint density at radius 3 is 2.64 bits per heavy atom. The fraction of sp³-hybridized carbons (Fsp3) is 0.167. The first-order valence-electron chi connectivity index (χ1n) is 7.08. The Bertz CT molecular complexity index is 638. The predicted molar refractivity (Wildman–Crippen MR) is 84.5 cm³/mol. The summed E-state index contributed by atoms with van der Waals surface area (Å²) >= 11 is 0. The molecule has 114 valence electrons. The lowest BCUT2D eigenvalue weighted by atomic mass is 10.1. The van der Waals surface area contributed by atoms with Crippen molar-refractivity contribution >= 4 is 6.09 Å². The van der Waals surface area contributed by atoms with Crippen molar-refractivity contribution in [3.8, 4) is 5.75 Å². The highest BCUT2D eigenvalue weighted by Crippen LogP contribution is 2.18. The molecule has 0 unspecified atom stereocenters. The van der Waals surface area contributed by atoms with E-state index in [1.807, 2.05) is 18.2 Å². The summed E-state index contributed by atoms with van der Waals surface area (Å²) in [6.45, 7) is 4.11. The monoisotopic (exact) mass is 299 g/mol. The standard InChI is InChI=1S/C18H18FNO2/c1-2-5-15-6-3-4-7-17(15)22-18(21)20-13-12-14-8-10-16(19)11-9-14/h2-4,6-11H,1,5,12-13H2,(H,20,21). The van der Waals surface area contributed by atoms with Crippen LogP contribution in [-0.2, 0) is 12.8 Å². The topological polar surface area (TPSA) is 38.3 Å². The van der Waals surface area contributed by atoms with Crippen LogP contribution in [0.4, 0.5) is 9.18 Å². The maximum Gasteiger partial charge on any atom is 0.412 e. The number of ether oxygens (including phenoxy) is 1. The lowest BCUT2D eigenvalue weighted by Gasteiger charge is -2.10. The molecule has 2 aromatic carbocycles. The molecule has 2 aromatic rings. The number of carbonyl (C=O) groups is 1. The second-order valence-corrected chi connectivity index (χ2v) is 4.79. The number of carbonyl (C=O) groups excluding carboxylic acids is 1. The summed E-state index contributed by atoms with van der Waals surface area (Å²) in [4.78, 5) is 11.8. The summed E-state index contributed by atoms with van der Waals surface area (Å²) in [5.41, 5.74) is 1.86. The Morgan fingerprint density at radius 2 is 1.91 bits per heavy atom. The van der Waals surface area contributed by atoms with E-state index >= 15 is 0 Å². The molecule has 0 saturated heterocycles. The number of rotatable bonds is 6. The van der Waals surface area contributed by atoms with Crippen LogP contribution in [0.3, 0.4) is 0 Å². The molecule has 0 heterocycles. The van der Waals surface area contributed by atoms with Gasteiger partial charge in [0.1, 0.15) is 11.6 Å². The number of hydrogen-bond acceptors (Lipinski definition) is 2. The fourth-order valence-corrected chi connectivity index (χ4v) is 2.02. The molecule has 0 saturated carbocycles. The number of nitrogens with one attached hydrogen (secondary N) is 1. The van der Waals surface area contributed by atoms with Gasteiger partial charge in [0.15, 0.2) is 0 Å². The van der Waals surface area contributed by atoms with Gasteiger partial charge in [0.25, 0.3) is 0 Å². The molecular weight excluding hydrogens is 281 g/mol. The molecule has 0 fully saturated rings. The summed E-state index contributed by atoms with van der Waals surface area (Å²) in [6, 6.07) is 13.5. The van der Waals surface area contributed by atoms with Crippen LogP contribution in [-0.4, -0.2) is 12.6 Å². The van der Waals surface area contributed by atoms with Gasteiger partial charge in [-0.15, -0.1) is 6.58 Å². The summed E-state index contributed by atoms with van der Waals surface area (Å²) in [7, 11) is 0. The van der Waals surface area contributed by atoms with Gasteiger partial charge < -0.3 is 10.1 Å². The van der Waals surface area contributed by atoms with Crippen LogP contribution in [0, 0.1) is 5.82 Å². The van der Waals surface area contributed by atoms with E-state index in [4.69, 9.17) is 4.74 Å². The third kappa shape index (κ3) is 4.74. The van der Waals surface area contributed by atoms with E-state index in [1.165, 1.54) is 12.1 Å². The summed E-state index contributed by atoms with van der Waals surface area (Å²) in [6.07, 6.45) is 2.51. The molecule has 1 amide bonds. The van der Waals surface area contributed by atoms with Crippen molar-refractivity contribution in [1.29, 1.82) is 0 Å². The zero-order valence-electron chi connectivity index (χ0n) is 12.2. The normalized spacial score (nSPS) is 10.0. The third-order valence-corrected chi connectivity index (χ3v) is 3.14. The number of benzene rings is 2. The highest BCUT2D eigenvalue weighted by molar-refractivity contribution is 5.70. The van der Waals surface area contributed by atoms with E-state index < -0.39 is 6.09 Å². The SMILES string of the molecule is C=CCc1ccccc1OC(=O)NCCc1ccc(F)cc1. The minimum absolute atomic E-state index is 0.269. The van der Waals surface area contributed by atoms with E-state index in [-0.39, 0.29) is 5.82 Å². The summed E-state index contributed by atoms with van der Waals surface area (Å²) in [5, 5.41) is 2.68. The van der Waals surface area contributed by atoms with Gasteiger partial charge in [-0.25, -0.2) is 9.18 Å². The molecule has 0 atom stereocenters. The quantitative estimate of drug-likeness (QED) is 0.822. The first-order valence-corrected chi connectivity index (χ1v) is 7.08. The molecule has 0 aliphatic heterocycles. The lowest BCUT2D eigenvalue weighted by molar-refractivity contribution is 0.200. The van der Waals surface area contributed by atoms with E-state index in [9.17, 15) is 9.18 Å². The summed E-state index contributed by atoms with van der Waals surface area (Å²) < 4.78 is 18.1. The Balaban J connectivity index is 1.83. The smallest absolute Gasteiger partial charge is 0.410 e. The molecule has 2 rings (SSSR count). The van der Waals surface area contributed by atoms with Gasteiger partial charge >= 0.3 is 6.09 Å². The molecule has 0 aliphatic rings. The maximum atomic E-state index is 12.8. The van der Waals surface area contributed by atoms with E-state index in [1.54, 1.807) is 24.3 Å². The zero-order chi connectivity index (χ0) is 15.8. The highest BCUT2D eigenvalue weighted by Gasteiger charge is 2.07. The van der Waals surface area contributed by atoms with Crippen molar-refractivity contribution in [2.24, 2.45) is 0 Å². The molecular formula is C18H18FNO2. The van der Waals surface area contributed by atoms with Gasteiger partial charge in [-0.1, -0.05) is 36.4 Å². The largest absolute Gasteiger partial charge is 0.412 e. The van der Waals surface area contributed by atoms with Crippen molar-refractivity contribution in [2.45, 2.75) is 12.8 Å². The second kappa shape index (κ2) is 7.98. The maximum absolute atomic E-state index is 12.8. The van der Waals surface area contributed by atoms with Gasteiger partial charge in [-0.2, -0.15) is 0 Å². The van der Waals surface area contributed by atoms with E-state index in [2.05, 4.69) is 11.9 Å². The number of allylic oxidation sites excluding steroid dienone is 1. The minimum Gasteiger partial charge on any atom is -0.410 e. The van der Waals surface area contributed by atoms with Crippen LogP contribution in [0.15, 0.2) is 61.2 Å². The lowest BCUT2D eigenvalue weighted by Crippen LogP contribution is -2.29. The predicted octanol–water partition coefficient (Wildman–Crippen LogP) is 3.89. The average molecular weight is 299 g/mol. The Morgan fingerprint density at radius 1 is 1.18 bits per heavy atom. The first-order chi connectivity index (χ1) is 10.7. The van der Waals surface area contributed by atoms with Gasteiger partial charge in [-0.3, -0.25) is 0 Å². The number of halogens is 1. The third-order valence-electron chi connectivity index (χ3n) is 3.14. The van der Waals surface area contributed by atoms with E-state index in [0.29, 0.717) is 25.1 Å².